The van der Waals surface area contributed by atoms with Crippen LogP contribution in [0.5, 0.6) is 0 Å². The first-order chi connectivity index (χ1) is 7.90. The van der Waals surface area contributed by atoms with Gasteiger partial charge in [0.25, 0.3) is 0 Å². The van der Waals surface area contributed by atoms with Crippen molar-refractivity contribution in [1.29, 1.82) is 0 Å². The van der Waals surface area contributed by atoms with Gasteiger partial charge in [-0.3, -0.25) is 9.15 Å². The van der Waals surface area contributed by atoms with Crippen LogP contribution in [0.1, 0.15) is 0 Å². The lowest BCUT2D eigenvalue weighted by Crippen LogP contribution is -1.78. The first-order valence-corrected chi connectivity index (χ1v) is 4.86. The van der Waals surface area contributed by atoms with Crippen LogP contribution in [0.2, 0.25) is 0 Å². The molecule has 4 heteroatoms. The summed E-state index contributed by atoms with van der Waals surface area (Å²) in [5, 5.41) is 8.20. The molecule has 0 fully saturated rings. The second kappa shape index (κ2) is 3.66. The Balaban J connectivity index is 2.44. The summed E-state index contributed by atoms with van der Waals surface area (Å²) in [6, 6.07) is 14.4. The zero-order valence-corrected chi connectivity index (χ0v) is 8.33. The molecule has 0 atom stereocenters. The van der Waals surface area contributed by atoms with Crippen molar-refractivity contribution in [1.82, 2.24) is 10.2 Å². The largest absolute Gasteiger partial charge is 0.290 e. The van der Waals surface area contributed by atoms with Crippen LogP contribution in [0.3, 0.4) is 0 Å². The summed E-state index contributed by atoms with van der Waals surface area (Å²) in [5.74, 6) is 0. The average molecular weight is 212 g/mol. The van der Waals surface area contributed by atoms with Crippen molar-refractivity contribution in [2.24, 2.45) is 0 Å². The van der Waals surface area contributed by atoms with Gasteiger partial charge in [0.1, 0.15) is 0 Å². The van der Waals surface area contributed by atoms with Gasteiger partial charge >= 0.3 is 0 Å². The standard InChI is InChI=1S/C12H8N2O2/c1-5-11-6-2-9(1)13-14-10-3-7-12(8-4-10)16-15-11/h1-8H. The van der Waals surface area contributed by atoms with Crippen LogP contribution in [0.25, 0.3) is 22.2 Å². The van der Waals surface area contributed by atoms with Gasteiger partial charge in [-0.1, -0.05) is 0 Å². The molecule has 0 unspecified atom stereocenters. The highest BCUT2D eigenvalue weighted by Gasteiger charge is 1.89. The van der Waals surface area contributed by atoms with E-state index in [-0.39, 0.29) is 0 Å². The molecule has 0 N–H and O–H groups in total. The number of hydrogen-bond acceptors (Lipinski definition) is 4. The van der Waals surface area contributed by atoms with Crippen molar-refractivity contribution in [2.75, 3.05) is 0 Å². The molecule has 0 spiro atoms. The van der Waals surface area contributed by atoms with Crippen molar-refractivity contribution in [3.8, 4) is 0 Å². The molecule has 6 rings (SSSR count). The van der Waals surface area contributed by atoms with Crippen molar-refractivity contribution in [3.05, 3.63) is 48.5 Å². The Morgan fingerprint density at radius 3 is 1.31 bits per heavy atom. The highest BCUT2D eigenvalue weighted by molar-refractivity contribution is 5.55. The van der Waals surface area contributed by atoms with E-state index in [9.17, 15) is 0 Å². The lowest BCUT2D eigenvalue weighted by Gasteiger charge is -1.90. The molecule has 0 aliphatic carbocycles. The molecule has 0 saturated heterocycles. The molecule has 4 bridgehead atoms. The minimum absolute atomic E-state index is 0.628. The molecule has 0 saturated carbocycles. The molecule has 0 amide bonds. The van der Waals surface area contributed by atoms with Crippen LogP contribution in [-0.2, 0) is 0 Å². The summed E-state index contributed by atoms with van der Waals surface area (Å²) < 4.78 is 10.3. The third-order valence-electron chi connectivity index (χ3n) is 2.19. The lowest BCUT2D eigenvalue weighted by atomic mass is 10.3. The van der Waals surface area contributed by atoms with E-state index < -0.39 is 0 Å². The minimum Gasteiger partial charge on any atom is -0.290 e. The fourth-order valence-corrected chi connectivity index (χ4v) is 1.35. The first kappa shape index (κ1) is 8.91. The molecule has 4 nitrogen and oxygen atoms in total. The molecule has 78 valence electrons. The Morgan fingerprint density at radius 2 is 0.938 bits per heavy atom. The summed E-state index contributed by atoms with van der Waals surface area (Å²) in [5.41, 5.74) is 2.81. The molecular formula is C12H8N2O2. The SMILES string of the molecule is c1cc2ccc1nnc1ccc(cc1)oo2. The molecule has 6 aromatic rings. The molecule has 0 aliphatic heterocycles. The fourth-order valence-electron chi connectivity index (χ4n) is 1.35. The van der Waals surface area contributed by atoms with Gasteiger partial charge in [0.2, 0.25) is 0 Å². The number of nitrogens with zero attached hydrogens (tertiary/aromatic N) is 2. The topological polar surface area (TPSA) is 52.1 Å². The smallest absolute Gasteiger partial charge is 0.178 e. The van der Waals surface area contributed by atoms with Crippen molar-refractivity contribution >= 4 is 22.2 Å². The van der Waals surface area contributed by atoms with E-state index in [0.717, 1.165) is 11.0 Å². The van der Waals surface area contributed by atoms with Crippen LogP contribution in [-0.4, -0.2) is 10.2 Å². The number of aromatic nitrogens is 2. The van der Waals surface area contributed by atoms with Crippen LogP contribution < -0.4 is 0 Å². The summed E-state index contributed by atoms with van der Waals surface area (Å²) >= 11 is 0. The normalized spacial score (nSPS) is 10.5. The first-order valence-electron chi connectivity index (χ1n) is 4.86. The predicted octanol–water partition coefficient (Wildman–Crippen LogP) is 3.09. The molecular weight excluding hydrogens is 204 g/mol. The number of rotatable bonds is 0. The van der Waals surface area contributed by atoms with E-state index in [0.29, 0.717) is 11.2 Å². The van der Waals surface area contributed by atoms with Gasteiger partial charge in [0, 0.05) is 0 Å². The van der Waals surface area contributed by atoms with Crippen LogP contribution in [0.15, 0.2) is 57.7 Å². The van der Waals surface area contributed by atoms with Crippen LogP contribution in [0.4, 0.5) is 0 Å². The molecule has 4 aromatic heterocycles. The summed E-state index contributed by atoms with van der Waals surface area (Å²) in [6.07, 6.45) is 0. The zero-order valence-electron chi connectivity index (χ0n) is 8.33. The van der Waals surface area contributed by atoms with Gasteiger partial charge in [0.15, 0.2) is 11.2 Å². The highest BCUT2D eigenvalue weighted by atomic mass is 17.0. The van der Waals surface area contributed by atoms with Gasteiger partial charge in [-0.2, -0.15) is 10.2 Å². The third-order valence-corrected chi connectivity index (χ3v) is 2.19. The Kier molecular flexibility index (Phi) is 2.04. The van der Waals surface area contributed by atoms with Gasteiger partial charge in [-0.25, -0.2) is 0 Å². The predicted molar refractivity (Wildman–Crippen MR) is 59.2 cm³/mol. The van der Waals surface area contributed by atoms with Gasteiger partial charge in [-0.05, 0) is 48.5 Å². The maximum absolute atomic E-state index is 5.14. The summed E-state index contributed by atoms with van der Waals surface area (Å²) in [6.45, 7) is 0. The third kappa shape index (κ3) is 1.72. The molecule has 16 heavy (non-hydrogen) atoms. The minimum atomic E-state index is 0.628. The van der Waals surface area contributed by atoms with E-state index in [1.807, 2.05) is 24.3 Å². The van der Waals surface area contributed by atoms with Crippen LogP contribution >= 0.6 is 0 Å². The Labute approximate surface area is 90.8 Å². The zero-order chi connectivity index (χ0) is 10.8. The Morgan fingerprint density at radius 1 is 0.562 bits per heavy atom. The second-order valence-corrected chi connectivity index (χ2v) is 3.35. The second-order valence-electron chi connectivity index (χ2n) is 3.35. The quantitative estimate of drug-likeness (QED) is 0.537. The van der Waals surface area contributed by atoms with E-state index >= 15 is 0 Å². The van der Waals surface area contributed by atoms with Crippen molar-refractivity contribution < 1.29 is 9.15 Å². The van der Waals surface area contributed by atoms with E-state index in [1.54, 1.807) is 24.3 Å². The van der Waals surface area contributed by atoms with Crippen molar-refractivity contribution in [2.45, 2.75) is 0 Å². The Bertz CT molecular complexity index is 523. The monoisotopic (exact) mass is 212 g/mol. The van der Waals surface area contributed by atoms with Gasteiger partial charge < -0.3 is 0 Å². The molecule has 2 aromatic carbocycles. The van der Waals surface area contributed by atoms with Crippen molar-refractivity contribution in [3.63, 3.8) is 0 Å². The number of benzene rings is 2. The van der Waals surface area contributed by atoms with Crippen LogP contribution in [0, 0.1) is 0 Å². The maximum atomic E-state index is 5.14. The van der Waals surface area contributed by atoms with Gasteiger partial charge in [-0.15, -0.1) is 0 Å². The van der Waals surface area contributed by atoms with Gasteiger partial charge in [0.05, 0.1) is 11.0 Å². The number of hydrogen-bond donors (Lipinski definition) is 0. The average Bonchev–Trinajstić information content (AvgIpc) is 2.33. The summed E-state index contributed by atoms with van der Waals surface area (Å²) in [7, 11) is 0. The fraction of sp³-hybridized carbons (Fsp3) is 0. The molecule has 0 radical (unpaired) electrons. The molecule has 4 heterocycles. The van der Waals surface area contributed by atoms with E-state index in [1.165, 1.54) is 0 Å². The lowest BCUT2D eigenvalue weighted by molar-refractivity contribution is 0.0893. The molecule has 0 aliphatic rings. The Hall–Kier alpha value is -2.36. The highest BCUT2D eigenvalue weighted by Crippen LogP contribution is 2.07. The summed E-state index contributed by atoms with van der Waals surface area (Å²) in [4.78, 5) is 0. The van der Waals surface area contributed by atoms with E-state index in [4.69, 9.17) is 9.15 Å². The van der Waals surface area contributed by atoms with E-state index in [2.05, 4.69) is 10.2 Å². The maximum Gasteiger partial charge on any atom is 0.178 e.